The maximum atomic E-state index is 12.9. The third-order valence-corrected chi connectivity index (χ3v) is 6.28. The summed E-state index contributed by atoms with van der Waals surface area (Å²) < 4.78 is 6.55. The van der Waals surface area contributed by atoms with Gasteiger partial charge in [-0.05, 0) is 48.5 Å². The fraction of sp³-hybridized carbons (Fsp3) is 0.0417. The number of para-hydroxylation sites is 1. The van der Waals surface area contributed by atoms with Gasteiger partial charge < -0.3 is 15.8 Å². The first-order valence-electron chi connectivity index (χ1n) is 10.1. The molecule has 4 N–H and O–H groups in total. The molecule has 5 aromatic rings. The first-order chi connectivity index (χ1) is 16.0. The van der Waals surface area contributed by atoms with Crippen LogP contribution in [0.5, 0.6) is 5.75 Å². The van der Waals surface area contributed by atoms with Crippen LogP contribution in [0.15, 0.2) is 77.6 Å². The number of aromatic amines is 1. The summed E-state index contributed by atoms with van der Waals surface area (Å²) in [4.78, 5) is 30.9. The summed E-state index contributed by atoms with van der Waals surface area (Å²) in [5.41, 5.74) is 8.69. The molecular formula is C24H19N5O3S. The number of hydrogen-bond donors (Lipinski definition) is 3. The Morgan fingerprint density at radius 3 is 2.58 bits per heavy atom. The Morgan fingerprint density at radius 1 is 1.09 bits per heavy atom. The van der Waals surface area contributed by atoms with Crippen LogP contribution in [-0.2, 0) is 0 Å². The Morgan fingerprint density at radius 2 is 1.85 bits per heavy atom. The van der Waals surface area contributed by atoms with Crippen molar-refractivity contribution >= 4 is 39.0 Å². The number of aromatic nitrogens is 3. The lowest BCUT2D eigenvalue weighted by molar-refractivity contribution is 0.103. The van der Waals surface area contributed by atoms with E-state index in [0.29, 0.717) is 26.5 Å². The van der Waals surface area contributed by atoms with Crippen LogP contribution in [0, 0.1) is 0 Å². The molecule has 0 saturated heterocycles. The monoisotopic (exact) mass is 457 g/mol. The summed E-state index contributed by atoms with van der Waals surface area (Å²) >= 11 is 1.20. The predicted octanol–water partition coefficient (Wildman–Crippen LogP) is 4.29. The second-order valence-electron chi connectivity index (χ2n) is 7.26. The molecule has 0 radical (unpaired) electrons. The Bertz CT molecular complexity index is 1520. The Hall–Kier alpha value is -4.37. The van der Waals surface area contributed by atoms with Gasteiger partial charge in [-0.2, -0.15) is 0 Å². The van der Waals surface area contributed by atoms with Gasteiger partial charge in [-0.25, -0.2) is 9.67 Å². The number of nitrogen functional groups attached to an aromatic ring is 1. The zero-order valence-corrected chi connectivity index (χ0v) is 18.3. The molecule has 2 aromatic carbocycles. The number of nitrogens with zero attached hydrogens (tertiary/aromatic N) is 2. The zero-order valence-electron chi connectivity index (χ0n) is 17.5. The molecule has 0 fully saturated rings. The standard InChI is InChI=1S/C24H19N5O3S/c1-32-16-9-7-14(8-10-16)18-12-11-17-21(25)22(33-24(17)26-18)23(31)27-19-13-20(30)29(28-19)15-5-3-2-4-6-15/h2-13,28H,25H2,1H3,(H,27,31). The van der Waals surface area contributed by atoms with Gasteiger partial charge in [0.1, 0.15) is 21.3 Å². The van der Waals surface area contributed by atoms with Crippen LogP contribution in [0.1, 0.15) is 9.67 Å². The highest BCUT2D eigenvalue weighted by molar-refractivity contribution is 7.21. The highest BCUT2D eigenvalue weighted by Gasteiger charge is 2.19. The molecule has 3 aromatic heterocycles. The number of amides is 1. The molecule has 0 aliphatic heterocycles. The molecule has 0 aliphatic rings. The highest BCUT2D eigenvalue weighted by Crippen LogP contribution is 2.34. The lowest BCUT2D eigenvalue weighted by Gasteiger charge is -2.03. The van der Waals surface area contributed by atoms with E-state index < -0.39 is 5.91 Å². The Kier molecular flexibility index (Phi) is 5.15. The van der Waals surface area contributed by atoms with E-state index in [1.807, 2.05) is 54.6 Å². The number of benzene rings is 2. The van der Waals surface area contributed by atoms with Crippen LogP contribution < -0.4 is 21.3 Å². The molecule has 0 saturated carbocycles. The number of anilines is 2. The van der Waals surface area contributed by atoms with E-state index in [2.05, 4.69) is 15.4 Å². The van der Waals surface area contributed by atoms with Crippen molar-refractivity contribution in [3.05, 3.63) is 88.0 Å². The van der Waals surface area contributed by atoms with Crippen LogP contribution in [0.4, 0.5) is 11.5 Å². The zero-order chi connectivity index (χ0) is 22.9. The van der Waals surface area contributed by atoms with Crippen molar-refractivity contribution in [1.82, 2.24) is 14.8 Å². The van der Waals surface area contributed by atoms with Crippen LogP contribution in [-0.4, -0.2) is 27.8 Å². The lowest BCUT2D eigenvalue weighted by atomic mass is 10.1. The van der Waals surface area contributed by atoms with E-state index >= 15 is 0 Å². The van der Waals surface area contributed by atoms with Gasteiger partial charge in [0.2, 0.25) is 0 Å². The number of carbonyl (C=O) groups is 1. The van der Waals surface area contributed by atoms with Crippen LogP contribution in [0.2, 0.25) is 0 Å². The number of ether oxygens (including phenoxy) is 1. The molecule has 164 valence electrons. The summed E-state index contributed by atoms with van der Waals surface area (Å²) in [5.74, 6) is 0.624. The average Bonchev–Trinajstić information content (AvgIpc) is 3.38. The minimum atomic E-state index is -0.414. The van der Waals surface area contributed by atoms with E-state index in [-0.39, 0.29) is 11.4 Å². The smallest absolute Gasteiger partial charge is 0.273 e. The second kappa shape index (κ2) is 8.29. The van der Waals surface area contributed by atoms with Crippen molar-refractivity contribution < 1.29 is 9.53 Å². The molecule has 0 aliphatic carbocycles. The minimum absolute atomic E-state index is 0.276. The number of fused-ring (bicyclic) bond motifs is 1. The van der Waals surface area contributed by atoms with Gasteiger partial charge in [0.25, 0.3) is 11.5 Å². The van der Waals surface area contributed by atoms with Crippen LogP contribution >= 0.6 is 11.3 Å². The quantitative estimate of drug-likeness (QED) is 0.364. The first-order valence-corrected chi connectivity index (χ1v) is 10.9. The Labute approximate surface area is 192 Å². The van der Waals surface area contributed by atoms with Crippen molar-refractivity contribution in [1.29, 1.82) is 0 Å². The van der Waals surface area contributed by atoms with Crippen LogP contribution in [0.25, 0.3) is 27.2 Å². The summed E-state index contributed by atoms with van der Waals surface area (Å²) in [5, 5.41) is 6.33. The topological polar surface area (TPSA) is 115 Å². The third-order valence-electron chi connectivity index (χ3n) is 5.17. The molecule has 0 unspecified atom stereocenters. The molecule has 1 amide bonds. The normalized spacial score (nSPS) is 10.9. The van der Waals surface area contributed by atoms with Crippen LogP contribution in [0.3, 0.4) is 0 Å². The first kappa shape index (κ1) is 20.5. The molecule has 33 heavy (non-hydrogen) atoms. The number of carbonyl (C=O) groups excluding carboxylic acids is 1. The highest BCUT2D eigenvalue weighted by atomic mass is 32.1. The fourth-order valence-electron chi connectivity index (χ4n) is 3.50. The molecule has 5 rings (SSSR count). The molecule has 0 spiro atoms. The van der Waals surface area contributed by atoms with Gasteiger partial charge in [0.15, 0.2) is 0 Å². The number of nitrogens with one attached hydrogen (secondary N) is 2. The summed E-state index contributed by atoms with van der Waals surface area (Å²) in [6.07, 6.45) is 0. The number of thiophene rings is 1. The fourth-order valence-corrected chi connectivity index (χ4v) is 4.49. The van der Waals surface area contributed by atoms with Crippen molar-refractivity contribution in [3.8, 4) is 22.7 Å². The summed E-state index contributed by atoms with van der Waals surface area (Å²) in [7, 11) is 1.62. The van der Waals surface area contributed by atoms with Gasteiger partial charge in [-0.15, -0.1) is 11.3 Å². The van der Waals surface area contributed by atoms with E-state index in [1.165, 1.54) is 22.1 Å². The molecular weight excluding hydrogens is 438 g/mol. The van der Waals surface area contributed by atoms with Crippen molar-refractivity contribution in [3.63, 3.8) is 0 Å². The number of pyridine rings is 1. The second-order valence-corrected chi connectivity index (χ2v) is 8.25. The van der Waals surface area contributed by atoms with E-state index in [0.717, 1.165) is 17.0 Å². The summed E-state index contributed by atoms with van der Waals surface area (Å²) in [6.45, 7) is 0. The number of nitrogens with two attached hydrogens (primary N) is 1. The van der Waals surface area contributed by atoms with Gasteiger partial charge in [-0.3, -0.25) is 14.7 Å². The largest absolute Gasteiger partial charge is 0.497 e. The minimum Gasteiger partial charge on any atom is -0.497 e. The number of methoxy groups -OCH3 is 1. The van der Waals surface area contributed by atoms with Gasteiger partial charge in [0, 0.05) is 17.0 Å². The van der Waals surface area contributed by atoms with Crippen molar-refractivity contribution in [2.45, 2.75) is 0 Å². The number of rotatable bonds is 5. The van der Waals surface area contributed by atoms with E-state index in [1.54, 1.807) is 19.2 Å². The van der Waals surface area contributed by atoms with E-state index in [4.69, 9.17) is 10.5 Å². The number of hydrogen-bond acceptors (Lipinski definition) is 6. The van der Waals surface area contributed by atoms with Crippen molar-refractivity contribution in [2.75, 3.05) is 18.2 Å². The molecule has 3 heterocycles. The molecule has 8 nitrogen and oxygen atoms in total. The summed E-state index contributed by atoms with van der Waals surface area (Å²) in [6, 6.07) is 21.7. The van der Waals surface area contributed by atoms with Gasteiger partial charge in [-0.1, -0.05) is 18.2 Å². The lowest BCUT2D eigenvalue weighted by Crippen LogP contribution is -2.13. The Balaban J connectivity index is 1.43. The predicted molar refractivity (Wildman–Crippen MR) is 130 cm³/mol. The average molecular weight is 458 g/mol. The third kappa shape index (κ3) is 3.85. The SMILES string of the molecule is COc1ccc(-c2ccc3c(N)c(C(=O)Nc4cc(=O)n(-c5ccccc5)[nH]4)sc3n2)cc1. The maximum Gasteiger partial charge on any atom is 0.273 e. The van der Waals surface area contributed by atoms with E-state index in [9.17, 15) is 9.59 Å². The molecule has 0 atom stereocenters. The van der Waals surface area contributed by atoms with Gasteiger partial charge in [0.05, 0.1) is 24.2 Å². The molecule has 9 heteroatoms. The molecule has 0 bridgehead atoms. The maximum absolute atomic E-state index is 12.9. The van der Waals surface area contributed by atoms with Gasteiger partial charge >= 0.3 is 0 Å². The van der Waals surface area contributed by atoms with Crippen molar-refractivity contribution in [2.24, 2.45) is 0 Å². The number of H-pyrrole nitrogens is 1.